The average Bonchev–Trinajstić information content (AvgIpc) is 2.55. The molecule has 0 radical (unpaired) electrons. The van der Waals surface area contributed by atoms with E-state index < -0.39 is 16.8 Å². The molecule has 0 aliphatic heterocycles. The summed E-state index contributed by atoms with van der Waals surface area (Å²) in [5, 5.41) is 12.3. The zero-order chi connectivity index (χ0) is 18.4. The lowest BCUT2D eigenvalue weighted by Crippen LogP contribution is -2.46. The minimum Gasteiger partial charge on any atom is -0.496 e. The van der Waals surface area contributed by atoms with Crippen LogP contribution >= 0.6 is 0 Å². The molecule has 2 N–H and O–H groups in total. The quantitative estimate of drug-likeness (QED) is 0.726. The smallest absolute Gasteiger partial charge is 0.311 e. The summed E-state index contributed by atoms with van der Waals surface area (Å²) in [6.07, 6.45) is 1.47. The summed E-state index contributed by atoms with van der Waals surface area (Å²) >= 11 is 0. The SMILES string of the molecule is CCC(CC)(CNC(=O)C(C)(C)Cc1ccccc1OC)C(=O)O. The number of rotatable bonds is 9. The first-order chi connectivity index (χ1) is 11.2. The highest BCUT2D eigenvalue weighted by atomic mass is 16.5. The molecule has 1 amide bonds. The monoisotopic (exact) mass is 335 g/mol. The maximum atomic E-state index is 12.6. The zero-order valence-electron chi connectivity index (χ0n) is 15.3. The van der Waals surface area contributed by atoms with Gasteiger partial charge in [0.1, 0.15) is 5.75 Å². The third-order valence-electron chi connectivity index (χ3n) is 4.83. The van der Waals surface area contributed by atoms with E-state index in [9.17, 15) is 14.7 Å². The van der Waals surface area contributed by atoms with Gasteiger partial charge in [-0.1, -0.05) is 45.9 Å². The van der Waals surface area contributed by atoms with Gasteiger partial charge in [0, 0.05) is 12.0 Å². The molecule has 134 valence electrons. The Hall–Kier alpha value is -2.04. The molecule has 0 unspecified atom stereocenters. The van der Waals surface area contributed by atoms with Gasteiger partial charge >= 0.3 is 5.97 Å². The van der Waals surface area contributed by atoms with Gasteiger partial charge in [0.25, 0.3) is 0 Å². The van der Waals surface area contributed by atoms with Crippen LogP contribution in [0.5, 0.6) is 5.75 Å². The van der Waals surface area contributed by atoms with E-state index in [2.05, 4.69) is 5.32 Å². The maximum Gasteiger partial charge on any atom is 0.311 e. The van der Waals surface area contributed by atoms with Gasteiger partial charge in [0.15, 0.2) is 0 Å². The van der Waals surface area contributed by atoms with Crippen LogP contribution in [0.15, 0.2) is 24.3 Å². The van der Waals surface area contributed by atoms with Crippen LogP contribution in [-0.2, 0) is 16.0 Å². The van der Waals surface area contributed by atoms with E-state index in [1.807, 2.05) is 52.0 Å². The number of hydrogen-bond donors (Lipinski definition) is 2. The number of carbonyl (C=O) groups is 2. The Labute approximate surface area is 144 Å². The van der Waals surface area contributed by atoms with Crippen molar-refractivity contribution in [1.29, 1.82) is 0 Å². The number of methoxy groups -OCH3 is 1. The van der Waals surface area contributed by atoms with Gasteiger partial charge in [0.05, 0.1) is 12.5 Å². The van der Waals surface area contributed by atoms with Crippen molar-refractivity contribution in [2.45, 2.75) is 47.0 Å². The second-order valence-electron chi connectivity index (χ2n) is 6.85. The Morgan fingerprint density at radius 2 is 1.75 bits per heavy atom. The number of para-hydroxylation sites is 1. The van der Waals surface area contributed by atoms with Crippen LogP contribution < -0.4 is 10.1 Å². The third-order valence-corrected chi connectivity index (χ3v) is 4.83. The highest BCUT2D eigenvalue weighted by molar-refractivity contribution is 5.83. The molecule has 0 heterocycles. The summed E-state index contributed by atoms with van der Waals surface area (Å²) in [7, 11) is 1.61. The van der Waals surface area contributed by atoms with Gasteiger partial charge in [-0.3, -0.25) is 9.59 Å². The van der Waals surface area contributed by atoms with Crippen molar-refractivity contribution in [3.63, 3.8) is 0 Å². The number of carboxylic acids is 1. The van der Waals surface area contributed by atoms with Gasteiger partial charge in [0.2, 0.25) is 5.91 Å². The van der Waals surface area contributed by atoms with Crippen molar-refractivity contribution >= 4 is 11.9 Å². The van der Waals surface area contributed by atoms with Crippen LogP contribution in [0.4, 0.5) is 0 Å². The van der Waals surface area contributed by atoms with Crippen molar-refractivity contribution in [2.24, 2.45) is 10.8 Å². The molecule has 1 aromatic rings. The summed E-state index contributed by atoms with van der Waals surface area (Å²) in [4.78, 5) is 24.2. The number of ether oxygens (including phenoxy) is 1. The summed E-state index contributed by atoms with van der Waals surface area (Å²) in [6, 6.07) is 7.61. The van der Waals surface area contributed by atoms with E-state index in [-0.39, 0.29) is 12.5 Å². The molecule has 0 saturated heterocycles. The lowest BCUT2D eigenvalue weighted by Gasteiger charge is -2.30. The van der Waals surface area contributed by atoms with Crippen LogP contribution in [0.25, 0.3) is 0 Å². The van der Waals surface area contributed by atoms with Crippen molar-refractivity contribution in [3.05, 3.63) is 29.8 Å². The fourth-order valence-corrected chi connectivity index (χ4v) is 2.77. The topological polar surface area (TPSA) is 75.6 Å². The van der Waals surface area contributed by atoms with E-state index in [1.54, 1.807) is 7.11 Å². The first-order valence-electron chi connectivity index (χ1n) is 8.36. The highest BCUT2D eigenvalue weighted by Crippen LogP contribution is 2.29. The van der Waals surface area contributed by atoms with Crippen LogP contribution in [0, 0.1) is 10.8 Å². The molecular weight excluding hydrogens is 306 g/mol. The Morgan fingerprint density at radius 1 is 1.17 bits per heavy atom. The van der Waals surface area contributed by atoms with Gasteiger partial charge in [-0.2, -0.15) is 0 Å². The summed E-state index contributed by atoms with van der Waals surface area (Å²) in [5.74, 6) is -0.267. The van der Waals surface area contributed by atoms with E-state index in [4.69, 9.17) is 4.74 Å². The molecule has 0 bridgehead atoms. The Morgan fingerprint density at radius 3 is 2.25 bits per heavy atom. The molecule has 0 saturated carbocycles. The standard InChI is InChI=1S/C19H29NO4/c1-6-19(7-2,17(22)23)13-20-16(21)18(3,4)12-14-10-8-9-11-15(14)24-5/h8-11H,6-7,12-13H2,1-5H3,(H,20,21)(H,22,23). The highest BCUT2D eigenvalue weighted by Gasteiger charge is 2.37. The minimum atomic E-state index is -0.907. The largest absolute Gasteiger partial charge is 0.496 e. The molecule has 0 spiro atoms. The Bertz CT molecular complexity index is 576. The summed E-state index contributed by atoms with van der Waals surface area (Å²) in [6.45, 7) is 7.53. The van der Waals surface area contributed by atoms with Crippen molar-refractivity contribution in [2.75, 3.05) is 13.7 Å². The fourth-order valence-electron chi connectivity index (χ4n) is 2.77. The molecular formula is C19H29NO4. The zero-order valence-corrected chi connectivity index (χ0v) is 15.3. The van der Waals surface area contributed by atoms with Crippen LogP contribution in [0.3, 0.4) is 0 Å². The van der Waals surface area contributed by atoms with Crippen LogP contribution in [0.2, 0.25) is 0 Å². The molecule has 5 heteroatoms. The van der Waals surface area contributed by atoms with E-state index in [0.29, 0.717) is 19.3 Å². The van der Waals surface area contributed by atoms with E-state index >= 15 is 0 Å². The van der Waals surface area contributed by atoms with Crippen molar-refractivity contribution < 1.29 is 19.4 Å². The molecule has 1 rings (SSSR count). The molecule has 0 aromatic heterocycles. The van der Waals surface area contributed by atoms with Gasteiger partial charge in [-0.25, -0.2) is 0 Å². The first-order valence-corrected chi connectivity index (χ1v) is 8.36. The van der Waals surface area contributed by atoms with Gasteiger partial charge in [-0.15, -0.1) is 0 Å². The first kappa shape index (κ1) is 20.0. The molecule has 5 nitrogen and oxygen atoms in total. The predicted molar refractivity (Wildman–Crippen MR) is 94.1 cm³/mol. The number of carboxylic acid groups (broad SMARTS) is 1. The Kier molecular flexibility index (Phi) is 6.81. The number of benzene rings is 1. The van der Waals surface area contributed by atoms with Crippen molar-refractivity contribution in [3.8, 4) is 5.75 Å². The van der Waals surface area contributed by atoms with Gasteiger partial charge in [-0.05, 0) is 30.9 Å². The number of aliphatic carboxylic acids is 1. The number of nitrogens with one attached hydrogen (secondary N) is 1. The number of hydrogen-bond acceptors (Lipinski definition) is 3. The van der Waals surface area contributed by atoms with E-state index in [0.717, 1.165) is 11.3 Å². The third kappa shape index (κ3) is 4.49. The normalized spacial score (nSPS) is 11.9. The second kappa shape index (κ2) is 8.18. The summed E-state index contributed by atoms with van der Waals surface area (Å²) in [5.41, 5.74) is -0.619. The average molecular weight is 335 g/mol. The van der Waals surface area contributed by atoms with Crippen LogP contribution in [0.1, 0.15) is 46.1 Å². The molecule has 24 heavy (non-hydrogen) atoms. The summed E-state index contributed by atoms with van der Waals surface area (Å²) < 4.78 is 5.34. The molecule has 0 atom stereocenters. The van der Waals surface area contributed by atoms with E-state index in [1.165, 1.54) is 0 Å². The molecule has 1 aromatic carbocycles. The molecule has 0 aliphatic rings. The fraction of sp³-hybridized carbons (Fsp3) is 0.579. The lowest BCUT2D eigenvalue weighted by atomic mass is 9.81. The van der Waals surface area contributed by atoms with Crippen molar-refractivity contribution in [1.82, 2.24) is 5.32 Å². The number of carbonyl (C=O) groups excluding carboxylic acids is 1. The molecule has 0 aliphatic carbocycles. The number of amides is 1. The minimum absolute atomic E-state index is 0.142. The predicted octanol–water partition coefficient (Wildman–Crippen LogP) is 3.27. The second-order valence-corrected chi connectivity index (χ2v) is 6.85. The maximum absolute atomic E-state index is 12.6. The van der Waals surface area contributed by atoms with Gasteiger partial charge < -0.3 is 15.2 Å². The molecule has 0 fully saturated rings. The van der Waals surface area contributed by atoms with Crippen LogP contribution in [-0.4, -0.2) is 30.6 Å². The lowest BCUT2D eigenvalue weighted by molar-refractivity contribution is -0.149. The Balaban J connectivity index is 2.83.